The third kappa shape index (κ3) is 1.82. The van der Waals surface area contributed by atoms with Crippen LogP contribution in [0.5, 0.6) is 0 Å². The Morgan fingerprint density at radius 3 is 2.77 bits per heavy atom. The summed E-state index contributed by atoms with van der Waals surface area (Å²) in [5, 5.41) is 7.74. The molecule has 1 heterocycles. The average Bonchev–Trinajstić information content (AvgIpc) is 2.49. The number of carbonyl (C=O) groups is 1. The van der Waals surface area contributed by atoms with Crippen LogP contribution in [0.25, 0.3) is 0 Å². The number of nitrogens with zero attached hydrogens (tertiary/aromatic N) is 1. The smallest absolute Gasteiger partial charge is 0.287 e. The molecule has 0 radical (unpaired) electrons. The van der Waals surface area contributed by atoms with Gasteiger partial charge in [0.2, 0.25) is 0 Å². The predicted molar refractivity (Wildman–Crippen MR) is 41.5 cm³/mol. The summed E-state index contributed by atoms with van der Waals surface area (Å²) in [5.41, 5.74) is -0.596. The Morgan fingerprint density at radius 1 is 1.69 bits per heavy atom. The van der Waals surface area contributed by atoms with Crippen molar-refractivity contribution in [3.05, 3.63) is 17.5 Å². The molecule has 72 valence electrons. The third-order valence-corrected chi connectivity index (χ3v) is 1.55. The maximum Gasteiger partial charge on any atom is 0.287 e. The second-order valence-corrected chi connectivity index (χ2v) is 2.63. The summed E-state index contributed by atoms with van der Waals surface area (Å²) in [6.45, 7) is 0.701. The number of aromatic amines is 1. The summed E-state index contributed by atoms with van der Waals surface area (Å²) in [6.07, 6.45) is 1.07. The van der Waals surface area contributed by atoms with Crippen molar-refractivity contribution in [2.75, 3.05) is 7.05 Å². The summed E-state index contributed by atoms with van der Waals surface area (Å²) in [4.78, 5) is 11.0. The van der Waals surface area contributed by atoms with E-state index in [0.29, 0.717) is 6.92 Å². The van der Waals surface area contributed by atoms with E-state index in [1.165, 1.54) is 7.05 Å². The number of carbonyl (C=O) groups excluding carboxylic acids is 1. The van der Waals surface area contributed by atoms with E-state index < -0.39 is 17.5 Å². The van der Waals surface area contributed by atoms with E-state index in [0.717, 1.165) is 6.20 Å². The largest absolute Gasteiger partial charge is 0.355 e. The van der Waals surface area contributed by atoms with E-state index >= 15 is 0 Å². The van der Waals surface area contributed by atoms with Gasteiger partial charge in [0, 0.05) is 14.0 Å². The molecule has 1 aromatic heterocycles. The topological polar surface area (TPSA) is 57.8 Å². The average molecular weight is 189 g/mol. The van der Waals surface area contributed by atoms with Crippen LogP contribution in [0.2, 0.25) is 0 Å². The highest BCUT2D eigenvalue weighted by Crippen LogP contribution is 2.27. The number of H-pyrrole nitrogens is 1. The monoisotopic (exact) mass is 189 g/mol. The zero-order chi connectivity index (χ0) is 10.1. The molecular weight excluding hydrogens is 180 g/mol. The van der Waals surface area contributed by atoms with Crippen LogP contribution in [0, 0.1) is 0 Å². The highest BCUT2D eigenvalue weighted by atomic mass is 19.3. The molecule has 0 bridgehead atoms. The standard InChI is InChI=1S/C7H9F2N3O/c1-7(8,9)5-4(3-11-12-5)6(13)10-2/h3H,1-2H3,(H,10,13)(H,11,12). The fraction of sp³-hybridized carbons (Fsp3) is 0.429. The molecule has 1 amide bonds. The minimum absolute atomic E-state index is 0.130. The molecule has 0 saturated carbocycles. The van der Waals surface area contributed by atoms with Gasteiger partial charge < -0.3 is 5.32 Å². The molecule has 1 aromatic rings. The minimum Gasteiger partial charge on any atom is -0.355 e. The van der Waals surface area contributed by atoms with Crippen LogP contribution in [0.1, 0.15) is 23.0 Å². The van der Waals surface area contributed by atoms with E-state index in [9.17, 15) is 13.6 Å². The lowest BCUT2D eigenvalue weighted by atomic mass is 10.1. The van der Waals surface area contributed by atoms with Gasteiger partial charge >= 0.3 is 0 Å². The SMILES string of the molecule is CNC(=O)c1cn[nH]c1C(C)(F)F. The maximum atomic E-state index is 12.8. The number of amides is 1. The van der Waals surface area contributed by atoms with E-state index in [2.05, 4.69) is 15.5 Å². The first-order valence-electron chi connectivity index (χ1n) is 3.60. The van der Waals surface area contributed by atoms with Crippen molar-refractivity contribution >= 4 is 5.91 Å². The number of alkyl halides is 2. The van der Waals surface area contributed by atoms with Crippen molar-refractivity contribution in [1.82, 2.24) is 15.5 Å². The first-order chi connectivity index (χ1) is 5.96. The Morgan fingerprint density at radius 2 is 2.31 bits per heavy atom. The van der Waals surface area contributed by atoms with Crippen molar-refractivity contribution in [1.29, 1.82) is 0 Å². The normalized spacial score (nSPS) is 11.4. The molecule has 0 aliphatic rings. The zero-order valence-corrected chi connectivity index (χ0v) is 7.19. The summed E-state index contributed by atoms with van der Waals surface area (Å²) in [5.74, 6) is -3.66. The van der Waals surface area contributed by atoms with Crippen molar-refractivity contribution < 1.29 is 13.6 Å². The number of halogens is 2. The van der Waals surface area contributed by atoms with Crippen LogP contribution in [-0.4, -0.2) is 23.2 Å². The highest BCUT2D eigenvalue weighted by Gasteiger charge is 2.31. The van der Waals surface area contributed by atoms with Crippen LogP contribution >= 0.6 is 0 Å². The van der Waals surface area contributed by atoms with Gasteiger partial charge in [0.05, 0.1) is 11.8 Å². The fourth-order valence-corrected chi connectivity index (χ4v) is 0.928. The number of hydrogen-bond acceptors (Lipinski definition) is 2. The Kier molecular flexibility index (Phi) is 2.31. The van der Waals surface area contributed by atoms with E-state index in [4.69, 9.17) is 0 Å². The quantitative estimate of drug-likeness (QED) is 0.725. The van der Waals surface area contributed by atoms with Gasteiger partial charge in [0.25, 0.3) is 11.8 Å². The molecule has 13 heavy (non-hydrogen) atoms. The number of rotatable bonds is 2. The molecule has 0 aliphatic heterocycles. The molecule has 0 fully saturated rings. The van der Waals surface area contributed by atoms with Crippen LogP contribution < -0.4 is 5.32 Å². The lowest BCUT2D eigenvalue weighted by molar-refractivity contribution is 0.0117. The summed E-state index contributed by atoms with van der Waals surface area (Å²) in [7, 11) is 1.37. The molecule has 4 nitrogen and oxygen atoms in total. The first kappa shape index (κ1) is 9.63. The molecule has 0 saturated heterocycles. The number of aromatic nitrogens is 2. The lowest BCUT2D eigenvalue weighted by Gasteiger charge is -2.08. The van der Waals surface area contributed by atoms with Gasteiger partial charge in [0.1, 0.15) is 5.69 Å². The summed E-state index contributed by atoms with van der Waals surface area (Å²) >= 11 is 0. The molecule has 1 rings (SSSR count). The van der Waals surface area contributed by atoms with Gasteiger partial charge in [-0.15, -0.1) is 0 Å². The summed E-state index contributed by atoms with van der Waals surface area (Å²) < 4.78 is 25.6. The van der Waals surface area contributed by atoms with Crippen molar-refractivity contribution in [3.63, 3.8) is 0 Å². The van der Waals surface area contributed by atoms with Crippen LogP contribution in [0.4, 0.5) is 8.78 Å². The third-order valence-electron chi connectivity index (χ3n) is 1.55. The van der Waals surface area contributed by atoms with Crippen molar-refractivity contribution in [3.8, 4) is 0 Å². The predicted octanol–water partition coefficient (Wildman–Crippen LogP) is 0.881. The molecule has 0 aliphatic carbocycles. The molecule has 6 heteroatoms. The highest BCUT2D eigenvalue weighted by molar-refractivity contribution is 5.95. The van der Waals surface area contributed by atoms with Crippen molar-refractivity contribution in [2.45, 2.75) is 12.8 Å². The molecule has 0 spiro atoms. The Balaban J connectivity index is 3.10. The Labute approximate surface area is 73.3 Å². The number of hydrogen-bond donors (Lipinski definition) is 2. The second-order valence-electron chi connectivity index (χ2n) is 2.63. The van der Waals surface area contributed by atoms with Gasteiger partial charge in [-0.05, 0) is 0 Å². The minimum atomic E-state index is -3.08. The molecule has 0 atom stereocenters. The van der Waals surface area contributed by atoms with Crippen LogP contribution in [-0.2, 0) is 5.92 Å². The van der Waals surface area contributed by atoms with Crippen LogP contribution in [0.3, 0.4) is 0 Å². The summed E-state index contributed by atoms with van der Waals surface area (Å²) in [6, 6.07) is 0. The van der Waals surface area contributed by atoms with E-state index in [1.54, 1.807) is 0 Å². The lowest BCUT2D eigenvalue weighted by Crippen LogP contribution is -2.22. The zero-order valence-electron chi connectivity index (χ0n) is 7.19. The van der Waals surface area contributed by atoms with Gasteiger partial charge in [-0.1, -0.05) is 0 Å². The maximum absolute atomic E-state index is 12.8. The van der Waals surface area contributed by atoms with Crippen molar-refractivity contribution in [2.24, 2.45) is 0 Å². The Hall–Kier alpha value is -1.46. The second kappa shape index (κ2) is 3.12. The fourth-order valence-electron chi connectivity index (χ4n) is 0.928. The first-order valence-corrected chi connectivity index (χ1v) is 3.60. The van der Waals surface area contributed by atoms with Gasteiger partial charge in [-0.3, -0.25) is 9.89 Å². The Bertz CT molecular complexity index is 316. The van der Waals surface area contributed by atoms with Gasteiger partial charge in [0.15, 0.2) is 0 Å². The number of nitrogens with one attached hydrogen (secondary N) is 2. The van der Waals surface area contributed by atoms with Gasteiger partial charge in [-0.25, -0.2) is 0 Å². The van der Waals surface area contributed by atoms with Crippen LogP contribution in [0.15, 0.2) is 6.20 Å². The van der Waals surface area contributed by atoms with Gasteiger partial charge in [-0.2, -0.15) is 13.9 Å². The molecule has 0 aromatic carbocycles. The molecule has 0 unspecified atom stereocenters. The molecule has 2 N–H and O–H groups in total. The molecular formula is C7H9F2N3O. The van der Waals surface area contributed by atoms with E-state index in [-0.39, 0.29) is 5.56 Å². The van der Waals surface area contributed by atoms with E-state index in [1.807, 2.05) is 0 Å².